The van der Waals surface area contributed by atoms with Crippen LogP contribution in [0, 0.1) is 5.41 Å². The van der Waals surface area contributed by atoms with Crippen LogP contribution in [0.4, 0.5) is 0 Å². The lowest BCUT2D eigenvalue weighted by Crippen LogP contribution is -2.49. The Kier molecular flexibility index (Phi) is 8.19. The van der Waals surface area contributed by atoms with E-state index in [4.69, 9.17) is 11.6 Å². The molecular formula is C18H27Cl2N3O2. The molecular weight excluding hydrogens is 361 g/mol. The molecule has 2 amide bonds. The second-order valence-corrected chi connectivity index (χ2v) is 7.49. The smallest absolute Gasteiger partial charge is 0.225 e. The molecule has 1 fully saturated rings. The van der Waals surface area contributed by atoms with Crippen molar-refractivity contribution in [2.75, 3.05) is 26.2 Å². The fourth-order valence-electron chi connectivity index (χ4n) is 2.72. The molecule has 7 heteroatoms. The normalized spacial score (nSPS) is 17.6. The summed E-state index contributed by atoms with van der Waals surface area (Å²) in [7, 11) is 0. The van der Waals surface area contributed by atoms with E-state index in [0.717, 1.165) is 12.1 Å². The molecule has 1 heterocycles. The zero-order chi connectivity index (χ0) is 17.7. The van der Waals surface area contributed by atoms with Crippen molar-refractivity contribution in [2.24, 2.45) is 5.41 Å². The molecule has 2 N–H and O–H groups in total. The zero-order valence-electron chi connectivity index (χ0n) is 15.0. The van der Waals surface area contributed by atoms with Crippen molar-refractivity contribution in [3.05, 3.63) is 34.9 Å². The van der Waals surface area contributed by atoms with Crippen LogP contribution in [0.25, 0.3) is 0 Å². The standard InChI is InChI=1S/C18H26ClN3O2.ClH/c1-18(2,3)17(24)21-9-8-16(23)22-11-10-20-12-15(22)13-6-4-5-7-14(13)19;/h4-7,15,20H,8-12H2,1-3H3,(H,21,24);1H. The van der Waals surface area contributed by atoms with Crippen molar-refractivity contribution in [3.63, 3.8) is 0 Å². The molecule has 0 spiro atoms. The molecule has 1 atom stereocenters. The van der Waals surface area contributed by atoms with Crippen molar-refractivity contribution in [2.45, 2.75) is 33.2 Å². The minimum absolute atomic E-state index is 0. The third-order valence-electron chi connectivity index (χ3n) is 4.13. The molecule has 1 aromatic carbocycles. The molecule has 1 aromatic rings. The third kappa shape index (κ3) is 5.87. The number of hydrogen-bond donors (Lipinski definition) is 2. The van der Waals surface area contributed by atoms with Crippen molar-refractivity contribution >= 4 is 35.8 Å². The van der Waals surface area contributed by atoms with Crippen molar-refractivity contribution in [1.29, 1.82) is 0 Å². The molecule has 0 aliphatic carbocycles. The van der Waals surface area contributed by atoms with E-state index < -0.39 is 5.41 Å². The Morgan fingerprint density at radius 1 is 1.32 bits per heavy atom. The number of benzene rings is 1. The summed E-state index contributed by atoms with van der Waals surface area (Å²) < 4.78 is 0. The number of nitrogens with one attached hydrogen (secondary N) is 2. The Hall–Kier alpha value is -1.30. The SMILES string of the molecule is CC(C)(C)C(=O)NCCC(=O)N1CCNCC1c1ccccc1Cl.Cl. The molecule has 5 nitrogen and oxygen atoms in total. The zero-order valence-corrected chi connectivity index (χ0v) is 16.5. The van der Waals surface area contributed by atoms with Gasteiger partial charge in [0.1, 0.15) is 0 Å². The highest BCUT2D eigenvalue weighted by Gasteiger charge is 2.29. The van der Waals surface area contributed by atoms with Gasteiger partial charge in [-0.05, 0) is 11.6 Å². The van der Waals surface area contributed by atoms with Crippen LogP contribution in [0.2, 0.25) is 5.02 Å². The van der Waals surface area contributed by atoms with Crippen LogP contribution < -0.4 is 10.6 Å². The summed E-state index contributed by atoms with van der Waals surface area (Å²) in [6.45, 7) is 8.01. The van der Waals surface area contributed by atoms with E-state index in [1.54, 1.807) is 0 Å². The van der Waals surface area contributed by atoms with Gasteiger partial charge in [0.05, 0.1) is 6.04 Å². The number of amides is 2. The lowest BCUT2D eigenvalue weighted by Gasteiger charge is -2.37. The number of halogens is 2. The highest BCUT2D eigenvalue weighted by Crippen LogP contribution is 2.28. The molecule has 1 aliphatic heterocycles. The van der Waals surface area contributed by atoms with E-state index >= 15 is 0 Å². The fraction of sp³-hybridized carbons (Fsp3) is 0.556. The van der Waals surface area contributed by atoms with Crippen LogP contribution in [0.5, 0.6) is 0 Å². The average molecular weight is 388 g/mol. The summed E-state index contributed by atoms with van der Waals surface area (Å²) in [4.78, 5) is 26.4. The molecule has 0 aromatic heterocycles. The molecule has 140 valence electrons. The predicted octanol–water partition coefficient (Wildman–Crippen LogP) is 2.79. The Morgan fingerprint density at radius 2 is 2.00 bits per heavy atom. The lowest BCUT2D eigenvalue weighted by atomic mass is 9.96. The lowest BCUT2D eigenvalue weighted by molar-refractivity contribution is -0.134. The maximum atomic E-state index is 12.6. The predicted molar refractivity (Wildman–Crippen MR) is 103 cm³/mol. The molecule has 0 bridgehead atoms. The second kappa shape index (κ2) is 9.41. The van der Waals surface area contributed by atoms with Gasteiger partial charge in [-0.2, -0.15) is 0 Å². The van der Waals surface area contributed by atoms with Gasteiger partial charge in [0.25, 0.3) is 0 Å². The van der Waals surface area contributed by atoms with Crippen LogP contribution >= 0.6 is 24.0 Å². The summed E-state index contributed by atoms with van der Waals surface area (Å²) in [5.41, 5.74) is 0.511. The van der Waals surface area contributed by atoms with Gasteiger partial charge in [-0.15, -0.1) is 12.4 Å². The third-order valence-corrected chi connectivity index (χ3v) is 4.48. The monoisotopic (exact) mass is 387 g/mol. The van der Waals surface area contributed by atoms with Gasteiger partial charge in [0.2, 0.25) is 11.8 Å². The van der Waals surface area contributed by atoms with E-state index in [2.05, 4.69) is 10.6 Å². The van der Waals surface area contributed by atoms with Gasteiger partial charge in [0.15, 0.2) is 0 Å². The summed E-state index contributed by atoms with van der Waals surface area (Å²) in [5, 5.41) is 6.82. The van der Waals surface area contributed by atoms with Gasteiger partial charge >= 0.3 is 0 Å². The molecule has 1 saturated heterocycles. The first kappa shape index (κ1) is 21.7. The van der Waals surface area contributed by atoms with E-state index in [0.29, 0.717) is 31.1 Å². The van der Waals surface area contributed by atoms with Crippen LogP contribution in [0.15, 0.2) is 24.3 Å². The van der Waals surface area contributed by atoms with Crippen LogP contribution in [-0.4, -0.2) is 42.9 Å². The van der Waals surface area contributed by atoms with E-state index in [9.17, 15) is 9.59 Å². The number of carbonyl (C=O) groups is 2. The first-order valence-electron chi connectivity index (χ1n) is 8.33. The molecule has 1 unspecified atom stereocenters. The Balaban J connectivity index is 0.00000312. The van der Waals surface area contributed by atoms with Gasteiger partial charge < -0.3 is 15.5 Å². The Bertz CT molecular complexity index is 602. The largest absolute Gasteiger partial charge is 0.355 e. The molecule has 25 heavy (non-hydrogen) atoms. The van der Waals surface area contributed by atoms with Gasteiger partial charge in [-0.1, -0.05) is 50.6 Å². The molecule has 2 rings (SSSR count). The van der Waals surface area contributed by atoms with Gasteiger partial charge in [-0.25, -0.2) is 0 Å². The molecule has 1 aliphatic rings. The van der Waals surface area contributed by atoms with E-state index in [1.807, 2.05) is 49.9 Å². The summed E-state index contributed by atoms with van der Waals surface area (Å²) in [6.07, 6.45) is 0.294. The fourth-order valence-corrected chi connectivity index (χ4v) is 2.98. The van der Waals surface area contributed by atoms with Crippen molar-refractivity contribution in [1.82, 2.24) is 15.5 Å². The second-order valence-electron chi connectivity index (χ2n) is 7.08. The summed E-state index contributed by atoms with van der Waals surface area (Å²) in [5.74, 6) is -0.00565. The number of carbonyl (C=O) groups excluding carboxylic acids is 2. The number of nitrogens with zero attached hydrogens (tertiary/aromatic N) is 1. The van der Waals surface area contributed by atoms with Gasteiger partial charge in [-0.3, -0.25) is 9.59 Å². The first-order valence-corrected chi connectivity index (χ1v) is 8.71. The minimum Gasteiger partial charge on any atom is -0.355 e. The highest BCUT2D eigenvalue weighted by atomic mass is 35.5. The first-order chi connectivity index (χ1) is 11.3. The molecule has 0 saturated carbocycles. The molecule has 0 radical (unpaired) electrons. The number of hydrogen-bond acceptors (Lipinski definition) is 3. The highest BCUT2D eigenvalue weighted by molar-refractivity contribution is 6.31. The summed E-state index contributed by atoms with van der Waals surface area (Å²) in [6, 6.07) is 7.55. The quantitative estimate of drug-likeness (QED) is 0.834. The topological polar surface area (TPSA) is 61.4 Å². The maximum Gasteiger partial charge on any atom is 0.225 e. The van der Waals surface area contributed by atoms with E-state index in [-0.39, 0.29) is 30.3 Å². The number of rotatable bonds is 4. The summed E-state index contributed by atoms with van der Waals surface area (Å²) >= 11 is 6.30. The van der Waals surface area contributed by atoms with E-state index in [1.165, 1.54) is 0 Å². The number of piperazine rings is 1. The van der Waals surface area contributed by atoms with Crippen LogP contribution in [0.3, 0.4) is 0 Å². The minimum atomic E-state index is -0.446. The van der Waals surface area contributed by atoms with Gasteiger partial charge in [0, 0.05) is 43.0 Å². The van der Waals surface area contributed by atoms with Crippen molar-refractivity contribution in [3.8, 4) is 0 Å². The maximum absolute atomic E-state index is 12.6. The Morgan fingerprint density at radius 3 is 2.64 bits per heavy atom. The van der Waals surface area contributed by atoms with Crippen molar-refractivity contribution < 1.29 is 9.59 Å². The average Bonchev–Trinajstić information content (AvgIpc) is 2.54. The van der Waals surface area contributed by atoms with Crippen LogP contribution in [-0.2, 0) is 9.59 Å². The Labute approximate surface area is 160 Å². The van der Waals surface area contributed by atoms with Crippen LogP contribution in [0.1, 0.15) is 38.8 Å².